The minimum absolute atomic E-state index is 0.0313. The first-order chi connectivity index (χ1) is 12.3. The molecule has 0 atom stereocenters. The van der Waals surface area contributed by atoms with Gasteiger partial charge in [0.15, 0.2) is 0 Å². The summed E-state index contributed by atoms with van der Waals surface area (Å²) >= 11 is 0. The van der Waals surface area contributed by atoms with E-state index < -0.39 is 0 Å². The molecular weight excluding hydrogens is 308 g/mol. The van der Waals surface area contributed by atoms with Gasteiger partial charge in [0.2, 0.25) is 5.43 Å². The second-order valence-electron chi connectivity index (χ2n) is 5.99. The number of benzene rings is 3. The Hall–Kier alpha value is -3.13. The lowest BCUT2D eigenvalue weighted by Gasteiger charge is -2.11. The van der Waals surface area contributed by atoms with Crippen molar-refractivity contribution < 1.29 is 4.42 Å². The standard InChI is InChI=1S/C23H18O2/c1-2-19-21(17-12-7-4-8-13-17)23(24)22-18(14-9-15-20(22)25-19)16-10-5-3-6-11-16/h3-15H,2H2,1H3. The molecule has 0 saturated carbocycles. The topological polar surface area (TPSA) is 30.2 Å². The number of hydrogen-bond acceptors (Lipinski definition) is 2. The van der Waals surface area contributed by atoms with E-state index in [1.807, 2.05) is 85.8 Å². The highest BCUT2D eigenvalue weighted by atomic mass is 16.3. The van der Waals surface area contributed by atoms with Crippen LogP contribution in [0.5, 0.6) is 0 Å². The van der Waals surface area contributed by atoms with E-state index >= 15 is 0 Å². The van der Waals surface area contributed by atoms with Gasteiger partial charge in [0.05, 0.1) is 10.9 Å². The van der Waals surface area contributed by atoms with Gasteiger partial charge in [-0.1, -0.05) is 79.7 Å². The molecule has 3 aromatic carbocycles. The van der Waals surface area contributed by atoms with Gasteiger partial charge >= 0.3 is 0 Å². The Balaban J connectivity index is 2.11. The van der Waals surface area contributed by atoms with Gasteiger partial charge in [-0.15, -0.1) is 0 Å². The van der Waals surface area contributed by atoms with Gasteiger partial charge in [-0.25, -0.2) is 0 Å². The van der Waals surface area contributed by atoms with Crippen LogP contribution >= 0.6 is 0 Å². The third kappa shape index (κ3) is 2.66. The third-order valence-corrected chi connectivity index (χ3v) is 4.46. The van der Waals surface area contributed by atoms with Crippen molar-refractivity contribution in [2.45, 2.75) is 13.3 Å². The largest absolute Gasteiger partial charge is 0.460 e. The first kappa shape index (κ1) is 15.4. The van der Waals surface area contributed by atoms with Crippen LogP contribution in [0.2, 0.25) is 0 Å². The second-order valence-corrected chi connectivity index (χ2v) is 5.99. The first-order valence-electron chi connectivity index (χ1n) is 8.49. The molecule has 1 heterocycles. The van der Waals surface area contributed by atoms with Gasteiger partial charge in [-0.3, -0.25) is 4.79 Å². The minimum Gasteiger partial charge on any atom is -0.460 e. The molecule has 0 unspecified atom stereocenters. The van der Waals surface area contributed by atoms with Crippen molar-refractivity contribution >= 4 is 11.0 Å². The fraction of sp³-hybridized carbons (Fsp3) is 0.0870. The molecule has 0 saturated heterocycles. The maximum Gasteiger partial charge on any atom is 0.201 e. The molecule has 4 aromatic rings. The Morgan fingerprint density at radius 2 is 1.40 bits per heavy atom. The van der Waals surface area contributed by atoms with Crippen LogP contribution in [0.3, 0.4) is 0 Å². The SMILES string of the molecule is CCc1oc2cccc(-c3ccccc3)c2c(=O)c1-c1ccccc1. The fourth-order valence-electron chi connectivity index (χ4n) is 3.29. The van der Waals surface area contributed by atoms with E-state index in [1.165, 1.54) is 0 Å². The zero-order valence-electron chi connectivity index (χ0n) is 14.0. The molecule has 0 amide bonds. The summed E-state index contributed by atoms with van der Waals surface area (Å²) in [5.74, 6) is 0.730. The highest BCUT2D eigenvalue weighted by Gasteiger charge is 2.17. The fourth-order valence-corrected chi connectivity index (χ4v) is 3.29. The quantitative estimate of drug-likeness (QED) is 0.484. The summed E-state index contributed by atoms with van der Waals surface area (Å²) in [5.41, 5.74) is 4.17. The number of rotatable bonds is 3. The van der Waals surface area contributed by atoms with Crippen molar-refractivity contribution in [1.29, 1.82) is 0 Å². The average molecular weight is 326 g/mol. The van der Waals surface area contributed by atoms with Crippen molar-refractivity contribution in [1.82, 2.24) is 0 Å². The summed E-state index contributed by atoms with van der Waals surface area (Å²) in [6.07, 6.45) is 0.672. The van der Waals surface area contributed by atoms with Crippen LogP contribution in [-0.2, 0) is 6.42 Å². The Morgan fingerprint density at radius 3 is 2.04 bits per heavy atom. The van der Waals surface area contributed by atoms with E-state index in [1.54, 1.807) is 0 Å². The minimum atomic E-state index is 0.0313. The van der Waals surface area contributed by atoms with Gasteiger partial charge in [-0.2, -0.15) is 0 Å². The molecule has 0 radical (unpaired) electrons. The highest BCUT2D eigenvalue weighted by molar-refractivity contribution is 5.95. The molecule has 0 aliphatic rings. The van der Waals surface area contributed by atoms with Crippen molar-refractivity contribution in [2.24, 2.45) is 0 Å². The molecule has 0 fully saturated rings. The van der Waals surface area contributed by atoms with Crippen LogP contribution in [0.15, 0.2) is 88.1 Å². The summed E-state index contributed by atoms with van der Waals surface area (Å²) in [6.45, 7) is 2.01. The van der Waals surface area contributed by atoms with Crippen LogP contribution in [-0.4, -0.2) is 0 Å². The summed E-state index contributed by atoms with van der Waals surface area (Å²) in [5, 5.41) is 0.643. The Kier molecular flexibility index (Phi) is 3.95. The molecule has 0 spiro atoms. The van der Waals surface area contributed by atoms with Crippen LogP contribution in [0.25, 0.3) is 33.2 Å². The second kappa shape index (κ2) is 6.40. The van der Waals surface area contributed by atoms with E-state index in [4.69, 9.17) is 4.42 Å². The predicted molar refractivity (Wildman–Crippen MR) is 103 cm³/mol. The van der Waals surface area contributed by atoms with E-state index in [0.717, 1.165) is 22.5 Å². The number of fused-ring (bicyclic) bond motifs is 1. The molecule has 25 heavy (non-hydrogen) atoms. The van der Waals surface area contributed by atoms with Gasteiger partial charge in [0, 0.05) is 6.42 Å². The molecule has 122 valence electrons. The maximum atomic E-state index is 13.4. The molecule has 0 bridgehead atoms. The molecule has 0 aliphatic heterocycles. The van der Waals surface area contributed by atoms with Crippen LogP contribution in [0, 0.1) is 0 Å². The van der Waals surface area contributed by atoms with Crippen LogP contribution < -0.4 is 5.43 Å². The van der Waals surface area contributed by atoms with Gasteiger partial charge in [-0.05, 0) is 22.8 Å². The molecule has 2 nitrogen and oxygen atoms in total. The molecule has 0 aliphatic carbocycles. The van der Waals surface area contributed by atoms with Gasteiger partial charge < -0.3 is 4.42 Å². The first-order valence-corrected chi connectivity index (χ1v) is 8.49. The van der Waals surface area contributed by atoms with E-state index in [0.29, 0.717) is 23.0 Å². The van der Waals surface area contributed by atoms with Crippen molar-refractivity contribution in [2.75, 3.05) is 0 Å². The van der Waals surface area contributed by atoms with E-state index in [9.17, 15) is 4.79 Å². The third-order valence-electron chi connectivity index (χ3n) is 4.46. The number of aryl methyl sites for hydroxylation is 1. The Morgan fingerprint density at radius 1 is 0.760 bits per heavy atom. The van der Waals surface area contributed by atoms with Crippen LogP contribution in [0.4, 0.5) is 0 Å². The number of hydrogen-bond donors (Lipinski definition) is 0. The van der Waals surface area contributed by atoms with Crippen LogP contribution in [0.1, 0.15) is 12.7 Å². The predicted octanol–water partition coefficient (Wildman–Crippen LogP) is 5.69. The summed E-state index contributed by atoms with van der Waals surface area (Å²) in [4.78, 5) is 13.4. The van der Waals surface area contributed by atoms with Crippen molar-refractivity contribution in [3.63, 3.8) is 0 Å². The summed E-state index contributed by atoms with van der Waals surface area (Å²) in [6, 6.07) is 25.5. The van der Waals surface area contributed by atoms with Crippen molar-refractivity contribution in [3.05, 3.63) is 94.8 Å². The van der Waals surface area contributed by atoms with Gasteiger partial charge in [0.1, 0.15) is 11.3 Å². The van der Waals surface area contributed by atoms with E-state index in [-0.39, 0.29) is 5.43 Å². The zero-order chi connectivity index (χ0) is 17.2. The maximum absolute atomic E-state index is 13.4. The van der Waals surface area contributed by atoms with Crippen molar-refractivity contribution in [3.8, 4) is 22.3 Å². The molecule has 1 aromatic heterocycles. The lowest BCUT2D eigenvalue weighted by atomic mass is 9.96. The lowest BCUT2D eigenvalue weighted by Crippen LogP contribution is -2.10. The monoisotopic (exact) mass is 326 g/mol. The molecule has 4 rings (SSSR count). The zero-order valence-corrected chi connectivity index (χ0v) is 14.0. The average Bonchev–Trinajstić information content (AvgIpc) is 2.68. The Labute approximate surface area is 146 Å². The summed E-state index contributed by atoms with van der Waals surface area (Å²) < 4.78 is 6.14. The molecule has 2 heteroatoms. The smallest absolute Gasteiger partial charge is 0.201 e. The Bertz CT molecular complexity index is 1080. The highest BCUT2D eigenvalue weighted by Crippen LogP contribution is 2.30. The normalized spacial score (nSPS) is 10.9. The molecular formula is C23H18O2. The van der Waals surface area contributed by atoms with E-state index in [2.05, 4.69) is 0 Å². The van der Waals surface area contributed by atoms with Gasteiger partial charge in [0.25, 0.3) is 0 Å². The summed E-state index contributed by atoms with van der Waals surface area (Å²) in [7, 11) is 0. The molecule has 0 N–H and O–H groups in total. The lowest BCUT2D eigenvalue weighted by molar-refractivity contribution is 0.546.